The van der Waals surface area contributed by atoms with Gasteiger partial charge >= 0.3 is 0 Å². The van der Waals surface area contributed by atoms with Crippen molar-refractivity contribution in [2.75, 3.05) is 7.05 Å². The molecular formula is C14H19NO. The lowest BCUT2D eigenvalue weighted by Gasteiger charge is -2.16. The van der Waals surface area contributed by atoms with E-state index in [2.05, 4.69) is 37.5 Å². The van der Waals surface area contributed by atoms with Crippen molar-refractivity contribution in [2.24, 2.45) is 5.92 Å². The SMILES string of the molecule is CNC(c1ccc2c(c1)CC(C)O2)C1CC1. The molecule has 0 saturated heterocycles. The summed E-state index contributed by atoms with van der Waals surface area (Å²) in [7, 11) is 2.06. The molecule has 86 valence electrons. The Kier molecular flexibility index (Phi) is 2.40. The van der Waals surface area contributed by atoms with Crippen LogP contribution in [-0.4, -0.2) is 13.2 Å². The topological polar surface area (TPSA) is 21.3 Å². The predicted octanol–water partition coefficient (Wildman–Crippen LogP) is 2.68. The molecule has 0 bridgehead atoms. The van der Waals surface area contributed by atoms with Crippen LogP contribution < -0.4 is 10.1 Å². The van der Waals surface area contributed by atoms with Crippen molar-refractivity contribution >= 4 is 0 Å². The smallest absolute Gasteiger partial charge is 0.123 e. The summed E-state index contributed by atoms with van der Waals surface area (Å²) < 4.78 is 5.73. The highest BCUT2D eigenvalue weighted by Gasteiger charge is 2.32. The lowest BCUT2D eigenvalue weighted by molar-refractivity contribution is 0.254. The van der Waals surface area contributed by atoms with Gasteiger partial charge in [0.1, 0.15) is 11.9 Å². The molecule has 1 aromatic rings. The summed E-state index contributed by atoms with van der Waals surface area (Å²) in [5.41, 5.74) is 2.81. The molecule has 2 heteroatoms. The first-order valence-corrected chi connectivity index (χ1v) is 6.24. The van der Waals surface area contributed by atoms with Crippen molar-refractivity contribution in [1.29, 1.82) is 0 Å². The number of ether oxygens (including phenoxy) is 1. The molecule has 0 aromatic heterocycles. The predicted molar refractivity (Wildman–Crippen MR) is 64.8 cm³/mol. The summed E-state index contributed by atoms with van der Waals surface area (Å²) in [4.78, 5) is 0. The number of rotatable bonds is 3. The van der Waals surface area contributed by atoms with Gasteiger partial charge in [-0.3, -0.25) is 0 Å². The molecule has 16 heavy (non-hydrogen) atoms. The zero-order valence-electron chi connectivity index (χ0n) is 9.99. The molecule has 1 fully saturated rings. The number of hydrogen-bond acceptors (Lipinski definition) is 2. The second-order valence-corrected chi connectivity index (χ2v) is 5.10. The van der Waals surface area contributed by atoms with E-state index in [0.717, 1.165) is 18.1 Å². The molecule has 1 aliphatic heterocycles. The van der Waals surface area contributed by atoms with Crippen LogP contribution in [0.3, 0.4) is 0 Å². The van der Waals surface area contributed by atoms with E-state index in [-0.39, 0.29) is 0 Å². The van der Waals surface area contributed by atoms with Crippen molar-refractivity contribution in [3.63, 3.8) is 0 Å². The molecule has 1 aromatic carbocycles. The van der Waals surface area contributed by atoms with E-state index in [4.69, 9.17) is 4.74 Å². The molecule has 1 N–H and O–H groups in total. The number of benzene rings is 1. The highest BCUT2D eigenvalue weighted by molar-refractivity contribution is 5.41. The zero-order valence-corrected chi connectivity index (χ0v) is 9.99. The molecule has 1 aliphatic carbocycles. The minimum atomic E-state index is 0.346. The molecule has 2 unspecified atom stereocenters. The summed E-state index contributed by atoms with van der Waals surface area (Å²) in [6.45, 7) is 2.14. The van der Waals surface area contributed by atoms with Crippen LogP contribution in [0.15, 0.2) is 18.2 Å². The van der Waals surface area contributed by atoms with Gasteiger partial charge in [0.25, 0.3) is 0 Å². The van der Waals surface area contributed by atoms with Gasteiger partial charge in [-0.25, -0.2) is 0 Å². The second kappa shape index (κ2) is 3.77. The Labute approximate surface area is 97.0 Å². The van der Waals surface area contributed by atoms with Gasteiger partial charge in [0, 0.05) is 12.5 Å². The Morgan fingerprint density at radius 3 is 2.88 bits per heavy atom. The van der Waals surface area contributed by atoms with Crippen molar-refractivity contribution < 1.29 is 4.74 Å². The highest BCUT2D eigenvalue weighted by Crippen LogP contribution is 2.42. The minimum absolute atomic E-state index is 0.346. The van der Waals surface area contributed by atoms with Crippen molar-refractivity contribution in [1.82, 2.24) is 5.32 Å². The van der Waals surface area contributed by atoms with Crippen LogP contribution in [0.5, 0.6) is 5.75 Å². The van der Waals surface area contributed by atoms with Crippen LogP contribution in [0.2, 0.25) is 0 Å². The Morgan fingerprint density at radius 2 is 2.19 bits per heavy atom. The van der Waals surface area contributed by atoms with Crippen LogP contribution in [0.25, 0.3) is 0 Å². The van der Waals surface area contributed by atoms with Crippen LogP contribution in [0.4, 0.5) is 0 Å². The third-order valence-electron chi connectivity index (χ3n) is 3.68. The lowest BCUT2D eigenvalue weighted by Crippen LogP contribution is -2.18. The standard InChI is InChI=1S/C14H19NO/c1-9-7-12-8-11(5-6-13(12)16-9)14(15-2)10-3-4-10/h5-6,8-10,14-15H,3-4,7H2,1-2H3. The third-order valence-corrected chi connectivity index (χ3v) is 3.68. The van der Waals surface area contributed by atoms with Gasteiger partial charge in [-0.1, -0.05) is 12.1 Å². The van der Waals surface area contributed by atoms with Crippen LogP contribution in [-0.2, 0) is 6.42 Å². The first-order valence-electron chi connectivity index (χ1n) is 6.24. The number of fused-ring (bicyclic) bond motifs is 1. The van der Waals surface area contributed by atoms with E-state index in [1.165, 1.54) is 24.0 Å². The van der Waals surface area contributed by atoms with Crippen LogP contribution in [0, 0.1) is 5.92 Å². The molecule has 3 rings (SSSR count). The third kappa shape index (κ3) is 1.71. The Balaban J connectivity index is 1.88. The molecule has 1 saturated carbocycles. The maximum atomic E-state index is 5.73. The summed E-state index contributed by atoms with van der Waals surface area (Å²) in [5, 5.41) is 3.44. The van der Waals surface area contributed by atoms with Gasteiger partial charge < -0.3 is 10.1 Å². The Morgan fingerprint density at radius 1 is 1.38 bits per heavy atom. The highest BCUT2D eigenvalue weighted by atomic mass is 16.5. The zero-order chi connectivity index (χ0) is 11.1. The molecule has 0 amide bonds. The monoisotopic (exact) mass is 217 g/mol. The van der Waals surface area contributed by atoms with Gasteiger partial charge in [-0.2, -0.15) is 0 Å². The van der Waals surface area contributed by atoms with Gasteiger partial charge in [0.15, 0.2) is 0 Å². The second-order valence-electron chi connectivity index (χ2n) is 5.10. The maximum absolute atomic E-state index is 5.73. The molecular weight excluding hydrogens is 198 g/mol. The van der Waals surface area contributed by atoms with Crippen molar-refractivity contribution in [3.8, 4) is 5.75 Å². The molecule has 1 heterocycles. The van der Waals surface area contributed by atoms with Gasteiger partial charge in [-0.05, 0) is 49.9 Å². The molecule has 0 radical (unpaired) electrons. The summed E-state index contributed by atoms with van der Waals surface area (Å²) in [5.74, 6) is 1.93. The van der Waals surface area contributed by atoms with Crippen LogP contribution >= 0.6 is 0 Å². The van der Waals surface area contributed by atoms with Crippen molar-refractivity contribution in [3.05, 3.63) is 29.3 Å². The van der Waals surface area contributed by atoms with E-state index in [0.29, 0.717) is 12.1 Å². The quantitative estimate of drug-likeness (QED) is 0.840. The largest absolute Gasteiger partial charge is 0.490 e. The molecule has 0 spiro atoms. The number of nitrogens with one attached hydrogen (secondary N) is 1. The van der Waals surface area contributed by atoms with Gasteiger partial charge in [-0.15, -0.1) is 0 Å². The van der Waals surface area contributed by atoms with E-state index < -0.39 is 0 Å². The average Bonchev–Trinajstić information content (AvgIpc) is 3.01. The van der Waals surface area contributed by atoms with E-state index in [9.17, 15) is 0 Å². The molecule has 2 aliphatic rings. The first kappa shape index (κ1) is 10.2. The summed E-state index contributed by atoms with van der Waals surface area (Å²) in [6.07, 6.45) is 4.15. The van der Waals surface area contributed by atoms with Crippen molar-refractivity contribution in [2.45, 2.75) is 38.3 Å². The summed E-state index contributed by atoms with van der Waals surface area (Å²) in [6, 6.07) is 7.23. The molecule has 2 atom stereocenters. The van der Waals surface area contributed by atoms with E-state index in [1.54, 1.807) is 0 Å². The van der Waals surface area contributed by atoms with E-state index in [1.807, 2.05) is 0 Å². The maximum Gasteiger partial charge on any atom is 0.123 e. The van der Waals surface area contributed by atoms with Gasteiger partial charge in [0.2, 0.25) is 0 Å². The minimum Gasteiger partial charge on any atom is -0.490 e. The normalized spacial score (nSPS) is 25.0. The Hall–Kier alpha value is -1.02. The average molecular weight is 217 g/mol. The van der Waals surface area contributed by atoms with E-state index >= 15 is 0 Å². The van der Waals surface area contributed by atoms with Crippen LogP contribution in [0.1, 0.15) is 36.9 Å². The number of hydrogen-bond donors (Lipinski definition) is 1. The van der Waals surface area contributed by atoms with Gasteiger partial charge in [0.05, 0.1) is 0 Å². The first-order chi connectivity index (χ1) is 7.78. The fraction of sp³-hybridized carbons (Fsp3) is 0.571. The lowest BCUT2D eigenvalue weighted by atomic mass is 9.99. The Bertz CT molecular complexity index is 398. The fourth-order valence-electron chi connectivity index (χ4n) is 2.74. The fourth-order valence-corrected chi connectivity index (χ4v) is 2.74. The summed E-state index contributed by atoms with van der Waals surface area (Å²) >= 11 is 0. The molecule has 2 nitrogen and oxygen atoms in total.